The molecule has 0 unspecified atom stereocenters. The highest BCUT2D eigenvalue weighted by atomic mass is 16.3. The van der Waals surface area contributed by atoms with Gasteiger partial charge in [-0.15, -0.1) is 0 Å². The molecule has 0 saturated heterocycles. The van der Waals surface area contributed by atoms with Gasteiger partial charge in [0, 0.05) is 0 Å². The number of phenolic OH excluding ortho intramolecular Hbond substituents is 1. The van der Waals surface area contributed by atoms with Crippen LogP contribution in [-0.4, -0.2) is 5.11 Å². The number of hydrogen-bond donors (Lipinski definition) is 1. The quantitative estimate of drug-likeness (QED) is 0.695. The molecule has 0 bridgehead atoms. The fourth-order valence-electron chi connectivity index (χ4n) is 2.25. The Hall–Kier alpha value is -0.980. The lowest BCUT2D eigenvalue weighted by molar-refractivity contribution is 0.457. The molecule has 0 aliphatic heterocycles. The number of aryl methyl sites for hydroxylation is 1. The third-order valence-corrected chi connectivity index (χ3v) is 3.06. The van der Waals surface area contributed by atoms with Gasteiger partial charge in [-0.3, -0.25) is 0 Å². The highest BCUT2D eigenvalue weighted by molar-refractivity contribution is 5.41. The van der Waals surface area contributed by atoms with E-state index < -0.39 is 0 Å². The van der Waals surface area contributed by atoms with Crippen LogP contribution in [0.4, 0.5) is 0 Å². The maximum Gasteiger partial charge on any atom is 0.121 e. The summed E-state index contributed by atoms with van der Waals surface area (Å²) in [5.74, 6) is 1.13. The Labute approximate surface area is 79.4 Å². The second-order valence-corrected chi connectivity index (χ2v) is 3.99. The molecule has 1 aromatic rings. The van der Waals surface area contributed by atoms with E-state index in [0.29, 0.717) is 11.7 Å². The van der Waals surface area contributed by atoms with Gasteiger partial charge in [0.25, 0.3) is 0 Å². The molecule has 1 saturated carbocycles. The average molecular weight is 176 g/mol. The van der Waals surface area contributed by atoms with Crippen molar-refractivity contribution in [2.45, 2.75) is 38.5 Å². The molecule has 1 aliphatic rings. The van der Waals surface area contributed by atoms with E-state index in [1.165, 1.54) is 25.7 Å². The van der Waals surface area contributed by atoms with Gasteiger partial charge in [-0.2, -0.15) is 0 Å². The van der Waals surface area contributed by atoms with Crippen molar-refractivity contribution >= 4 is 0 Å². The van der Waals surface area contributed by atoms with E-state index in [2.05, 4.69) is 6.07 Å². The number of benzene rings is 1. The number of aromatic hydroxyl groups is 1. The van der Waals surface area contributed by atoms with Gasteiger partial charge >= 0.3 is 0 Å². The van der Waals surface area contributed by atoms with E-state index in [1.807, 2.05) is 19.1 Å². The fourth-order valence-corrected chi connectivity index (χ4v) is 2.25. The Morgan fingerprint density at radius 3 is 2.62 bits per heavy atom. The summed E-state index contributed by atoms with van der Waals surface area (Å²) in [5, 5.41) is 9.86. The molecule has 0 heterocycles. The van der Waals surface area contributed by atoms with Crippen LogP contribution in [0.1, 0.15) is 42.7 Å². The first kappa shape index (κ1) is 8.61. The molecule has 1 fully saturated rings. The van der Waals surface area contributed by atoms with Gasteiger partial charge in [-0.05, 0) is 36.8 Å². The Kier molecular flexibility index (Phi) is 2.26. The van der Waals surface area contributed by atoms with E-state index in [-0.39, 0.29) is 0 Å². The molecule has 1 N–H and O–H groups in total. The molecule has 1 heteroatoms. The van der Waals surface area contributed by atoms with E-state index in [4.69, 9.17) is 0 Å². The van der Waals surface area contributed by atoms with Crippen molar-refractivity contribution < 1.29 is 5.11 Å². The lowest BCUT2D eigenvalue weighted by Crippen LogP contribution is -1.93. The first-order valence-corrected chi connectivity index (χ1v) is 5.07. The molecule has 2 rings (SSSR count). The van der Waals surface area contributed by atoms with Crippen LogP contribution in [0.15, 0.2) is 18.2 Å². The topological polar surface area (TPSA) is 20.2 Å². The zero-order valence-electron chi connectivity index (χ0n) is 8.09. The van der Waals surface area contributed by atoms with Crippen LogP contribution in [0.25, 0.3) is 0 Å². The van der Waals surface area contributed by atoms with E-state index >= 15 is 0 Å². The summed E-state index contributed by atoms with van der Waals surface area (Å²) in [7, 11) is 0. The Morgan fingerprint density at radius 2 is 1.92 bits per heavy atom. The fraction of sp³-hybridized carbons (Fsp3) is 0.500. The second-order valence-electron chi connectivity index (χ2n) is 3.99. The molecule has 0 amide bonds. The predicted octanol–water partition coefficient (Wildman–Crippen LogP) is 3.36. The van der Waals surface area contributed by atoms with Crippen molar-refractivity contribution in [3.63, 3.8) is 0 Å². The molecule has 0 aromatic heterocycles. The molecule has 0 spiro atoms. The van der Waals surface area contributed by atoms with Crippen molar-refractivity contribution in [2.24, 2.45) is 0 Å². The normalized spacial score (nSPS) is 17.9. The Morgan fingerprint density at radius 1 is 1.23 bits per heavy atom. The lowest BCUT2D eigenvalue weighted by Gasteiger charge is -2.12. The largest absolute Gasteiger partial charge is 0.507 e. The zero-order valence-corrected chi connectivity index (χ0v) is 8.09. The summed E-state index contributed by atoms with van der Waals surface area (Å²) in [4.78, 5) is 0. The van der Waals surface area contributed by atoms with Gasteiger partial charge in [-0.25, -0.2) is 0 Å². The minimum atomic E-state index is 0.523. The van der Waals surface area contributed by atoms with Gasteiger partial charge in [0.15, 0.2) is 0 Å². The molecule has 70 valence electrons. The highest BCUT2D eigenvalue weighted by Crippen LogP contribution is 2.39. The Balaban J connectivity index is 2.33. The van der Waals surface area contributed by atoms with Gasteiger partial charge in [0.05, 0.1) is 0 Å². The standard InChI is InChI=1S/C12H16O/c1-9-5-4-8-11(12(9)13)10-6-2-3-7-10/h4-5,8,10,13H,2-3,6-7H2,1H3. The third kappa shape index (κ3) is 1.55. The van der Waals surface area contributed by atoms with Crippen molar-refractivity contribution in [1.29, 1.82) is 0 Å². The van der Waals surface area contributed by atoms with Crippen LogP contribution < -0.4 is 0 Å². The molecular formula is C12H16O. The summed E-state index contributed by atoms with van der Waals surface area (Å²) in [5.41, 5.74) is 2.17. The average Bonchev–Trinajstić information content (AvgIpc) is 2.62. The molecule has 0 atom stereocenters. The molecule has 1 aliphatic carbocycles. The van der Waals surface area contributed by atoms with Crippen molar-refractivity contribution in [1.82, 2.24) is 0 Å². The van der Waals surface area contributed by atoms with Crippen molar-refractivity contribution in [2.75, 3.05) is 0 Å². The van der Waals surface area contributed by atoms with Gasteiger partial charge in [0.1, 0.15) is 5.75 Å². The van der Waals surface area contributed by atoms with Crippen LogP contribution in [-0.2, 0) is 0 Å². The molecule has 1 nitrogen and oxygen atoms in total. The number of phenols is 1. The van der Waals surface area contributed by atoms with Crippen LogP contribution in [0, 0.1) is 6.92 Å². The lowest BCUT2D eigenvalue weighted by atomic mass is 9.95. The number of para-hydroxylation sites is 1. The molecule has 0 radical (unpaired) electrons. The first-order chi connectivity index (χ1) is 6.29. The minimum Gasteiger partial charge on any atom is -0.507 e. The van der Waals surface area contributed by atoms with Crippen LogP contribution in [0.3, 0.4) is 0 Å². The summed E-state index contributed by atoms with van der Waals surface area (Å²) in [6, 6.07) is 6.08. The maximum absolute atomic E-state index is 9.86. The van der Waals surface area contributed by atoms with Gasteiger partial charge < -0.3 is 5.11 Å². The van der Waals surface area contributed by atoms with Gasteiger partial charge in [-0.1, -0.05) is 31.0 Å². The summed E-state index contributed by atoms with van der Waals surface area (Å²) < 4.78 is 0. The third-order valence-electron chi connectivity index (χ3n) is 3.06. The van der Waals surface area contributed by atoms with E-state index in [1.54, 1.807) is 0 Å². The maximum atomic E-state index is 9.86. The molecule has 13 heavy (non-hydrogen) atoms. The van der Waals surface area contributed by atoms with E-state index in [0.717, 1.165) is 11.1 Å². The summed E-state index contributed by atoms with van der Waals surface area (Å²) >= 11 is 0. The summed E-state index contributed by atoms with van der Waals surface area (Å²) in [6.07, 6.45) is 5.13. The molecular weight excluding hydrogens is 160 g/mol. The Bertz CT molecular complexity index is 298. The number of hydrogen-bond acceptors (Lipinski definition) is 1. The van der Waals surface area contributed by atoms with Crippen LogP contribution in [0.5, 0.6) is 5.75 Å². The van der Waals surface area contributed by atoms with E-state index in [9.17, 15) is 5.11 Å². The minimum absolute atomic E-state index is 0.523. The van der Waals surface area contributed by atoms with Crippen LogP contribution >= 0.6 is 0 Å². The highest BCUT2D eigenvalue weighted by Gasteiger charge is 2.20. The smallest absolute Gasteiger partial charge is 0.121 e. The first-order valence-electron chi connectivity index (χ1n) is 5.07. The van der Waals surface area contributed by atoms with Crippen molar-refractivity contribution in [3.8, 4) is 5.75 Å². The van der Waals surface area contributed by atoms with Gasteiger partial charge in [0.2, 0.25) is 0 Å². The molecule has 1 aromatic carbocycles. The monoisotopic (exact) mass is 176 g/mol. The number of rotatable bonds is 1. The predicted molar refractivity (Wildman–Crippen MR) is 54.1 cm³/mol. The SMILES string of the molecule is Cc1cccc(C2CCCC2)c1O. The zero-order chi connectivity index (χ0) is 9.26. The second kappa shape index (κ2) is 3.41. The summed E-state index contributed by atoms with van der Waals surface area (Å²) in [6.45, 7) is 1.97. The van der Waals surface area contributed by atoms with Crippen molar-refractivity contribution in [3.05, 3.63) is 29.3 Å². The van der Waals surface area contributed by atoms with Crippen LogP contribution in [0.2, 0.25) is 0 Å².